The number of rotatable bonds is 1. The van der Waals surface area contributed by atoms with Crippen LogP contribution in [0.2, 0.25) is 0 Å². The van der Waals surface area contributed by atoms with Gasteiger partial charge in [-0.05, 0) is 48.8 Å². The first-order chi connectivity index (χ1) is 8.23. The van der Waals surface area contributed by atoms with Crippen molar-refractivity contribution in [1.29, 1.82) is 0 Å². The van der Waals surface area contributed by atoms with E-state index in [9.17, 15) is 0 Å². The third kappa shape index (κ3) is 1.99. The molecule has 0 radical (unpaired) electrons. The number of nitrogens with zero attached hydrogens (tertiary/aromatic N) is 1. The summed E-state index contributed by atoms with van der Waals surface area (Å²) in [7, 11) is 0. The summed E-state index contributed by atoms with van der Waals surface area (Å²) >= 11 is 0. The summed E-state index contributed by atoms with van der Waals surface area (Å²) in [6.45, 7) is 0. The molecule has 2 aliphatic carbocycles. The van der Waals surface area contributed by atoms with Gasteiger partial charge < -0.3 is 5.73 Å². The van der Waals surface area contributed by atoms with Gasteiger partial charge in [0.2, 0.25) is 0 Å². The van der Waals surface area contributed by atoms with E-state index in [1.165, 1.54) is 56.9 Å². The van der Waals surface area contributed by atoms with Gasteiger partial charge in [0, 0.05) is 17.9 Å². The highest BCUT2D eigenvalue weighted by Crippen LogP contribution is 2.58. The van der Waals surface area contributed by atoms with Crippen molar-refractivity contribution in [3.05, 3.63) is 30.1 Å². The van der Waals surface area contributed by atoms with E-state index in [0.717, 1.165) is 0 Å². The maximum Gasteiger partial charge on any atom is 0.0421 e. The van der Waals surface area contributed by atoms with Crippen molar-refractivity contribution in [3.63, 3.8) is 0 Å². The van der Waals surface area contributed by atoms with E-state index in [4.69, 9.17) is 5.73 Å². The summed E-state index contributed by atoms with van der Waals surface area (Å²) < 4.78 is 0. The summed E-state index contributed by atoms with van der Waals surface area (Å²) in [4.78, 5) is 4.08. The van der Waals surface area contributed by atoms with Gasteiger partial charge in [-0.3, -0.25) is 4.98 Å². The van der Waals surface area contributed by atoms with Gasteiger partial charge in [-0.1, -0.05) is 25.7 Å². The van der Waals surface area contributed by atoms with Crippen molar-refractivity contribution in [2.45, 2.75) is 56.9 Å². The molecule has 3 rings (SSSR count). The molecule has 2 N–H and O–H groups in total. The first-order valence-corrected chi connectivity index (χ1v) is 6.92. The molecule has 0 saturated heterocycles. The SMILES string of the molecule is NC1(c2ccncc2)CC2(CCCCCC2)C1. The predicted molar refractivity (Wildman–Crippen MR) is 69.5 cm³/mol. The van der Waals surface area contributed by atoms with Crippen LogP contribution in [-0.2, 0) is 5.54 Å². The van der Waals surface area contributed by atoms with Gasteiger partial charge in [-0.15, -0.1) is 0 Å². The largest absolute Gasteiger partial charge is 0.321 e. The van der Waals surface area contributed by atoms with Gasteiger partial charge >= 0.3 is 0 Å². The lowest BCUT2D eigenvalue weighted by molar-refractivity contribution is 0.00959. The topological polar surface area (TPSA) is 38.9 Å². The number of pyridine rings is 1. The molecule has 17 heavy (non-hydrogen) atoms. The molecule has 1 aromatic heterocycles. The van der Waals surface area contributed by atoms with Gasteiger partial charge in [0.25, 0.3) is 0 Å². The molecule has 0 aliphatic heterocycles. The average Bonchev–Trinajstić information content (AvgIpc) is 2.55. The van der Waals surface area contributed by atoms with E-state index >= 15 is 0 Å². The zero-order valence-electron chi connectivity index (χ0n) is 10.5. The Morgan fingerprint density at radius 2 is 1.53 bits per heavy atom. The quantitative estimate of drug-likeness (QED) is 0.803. The summed E-state index contributed by atoms with van der Waals surface area (Å²) in [5, 5.41) is 0. The Hall–Kier alpha value is -0.890. The minimum absolute atomic E-state index is 0.0622. The van der Waals surface area contributed by atoms with Crippen LogP contribution >= 0.6 is 0 Å². The summed E-state index contributed by atoms with van der Waals surface area (Å²) in [5.41, 5.74) is 8.35. The molecule has 0 atom stereocenters. The zero-order chi connectivity index (χ0) is 11.8. The van der Waals surface area contributed by atoms with E-state index < -0.39 is 0 Å². The number of hydrogen-bond donors (Lipinski definition) is 1. The van der Waals surface area contributed by atoms with Gasteiger partial charge in [0.15, 0.2) is 0 Å². The Labute approximate surface area is 104 Å². The first-order valence-electron chi connectivity index (χ1n) is 6.92. The lowest BCUT2D eigenvalue weighted by atomic mass is 9.53. The highest BCUT2D eigenvalue weighted by molar-refractivity contribution is 5.27. The van der Waals surface area contributed by atoms with E-state index in [1.807, 2.05) is 12.4 Å². The molecule has 0 amide bonds. The fourth-order valence-electron chi connectivity index (χ4n) is 4.01. The van der Waals surface area contributed by atoms with Crippen LogP contribution in [0.1, 0.15) is 56.9 Å². The van der Waals surface area contributed by atoms with Crippen LogP contribution in [0.4, 0.5) is 0 Å². The van der Waals surface area contributed by atoms with Gasteiger partial charge in [0.1, 0.15) is 0 Å². The fourth-order valence-corrected chi connectivity index (χ4v) is 4.01. The second-order valence-electron chi connectivity index (χ2n) is 6.16. The maximum atomic E-state index is 6.55. The molecule has 92 valence electrons. The molecule has 0 bridgehead atoms. The van der Waals surface area contributed by atoms with Crippen molar-refractivity contribution in [3.8, 4) is 0 Å². The monoisotopic (exact) mass is 230 g/mol. The second kappa shape index (κ2) is 4.09. The van der Waals surface area contributed by atoms with Crippen LogP contribution in [0.3, 0.4) is 0 Å². The molecule has 2 aliphatic rings. The minimum atomic E-state index is -0.0622. The number of nitrogens with two attached hydrogens (primary N) is 1. The molecule has 2 fully saturated rings. The molecule has 0 aromatic carbocycles. The molecule has 1 spiro atoms. The Kier molecular flexibility index (Phi) is 2.70. The van der Waals surface area contributed by atoms with E-state index in [0.29, 0.717) is 5.41 Å². The van der Waals surface area contributed by atoms with Crippen LogP contribution in [0.25, 0.3) is 0 Å². The maximum absolute atomic E-state index is 6.55. The highest BCUT2D eigenvalue weighted by Gasteiger charge is 2.52. The fraction of sp³-hybridized carbons (Fsp3) is 0.667. The Balaban J connectivity index is 1.74. The average molecular weight is 230 g/mol. The molecule has 0 unspecified atom stereocenters. The molecule has 2 heteroatoms. The Bertz CT molecular complexity index is 369. The van der Waals surface area contributed by atoms with Gasteiger partial charge in [0.05, 0.1) is 0 Å². The standard InChI is InChI=1S/C15H22N2/c16-15(13-5-9-17-10-6-13)11-14(12-15)7-3-1-2-4-8-14/h5-6,9-10H,1-4,7-8,11-12,16H2. The van der Waals surface area contributed by atoms with Crippen molar-refractivity contribution >= 4 is 0 Å². The van der Waals surface area contributed by atoms with E-state index in [1.54, 1.807) is 0 Å². The third-order valence-corrected chi connectivity index (χ3v) is 4.80. The normalized spacial score (nSPS) is 26.2. The highest BCUT2D eigenvalue weighted by atomic mass is 14.8. The predicted octanol–water partition coefficient (Wildman–Crippen LogP) is 3.37. The van der Waals surface area contributed by atoms with Crippen LogP contribution in [-0.4, -0.2) is 4.98 Å². The molecule has 1 heterocycles. The molecule has 2 nitrogen and oxygen atoms in total. The second-order valence-corrected chi connectivity index (χ2v) is 6.16. The van der Waals surface area contributed by atoms with Crippen LogP contribution < -0.4 is 5.73 Å². The van der Waals surface area contributed by atoms with Gasteiger partial charge in [-0.2, -0.15) is 0 Å². The van der Waals surface area contributed by atoms with Crippen molar-refractivity contribution in [2.75, 3.05) is 0 Å². The Morgan fingerprint density at radius 1 is 0.941 bits per heavy atom. The molecule has 2 saturated carbocycles. The summed E-state index contributed by atoms with van der Waals surface area (Å²) in [5.74, 6) is 0. The minimum Gasteiger partial charge on any atom is -0.321 e. The van der Waals surface area contributed by atoms with Crippen LogP contribution in [0.5, 0.6) is 0 Å². The lowest BCUT2D eigenvalue weighted by Crippen LogP contribution is -2.55. The number of hydrogen-bond acceptors (Lipinski definition) is 2. The third-order valence-electron chi connectivity index (χ3n) is 4.80. The zero-order valence-corrected chi connectivity index (χ0v) is 10.5. The smallest absolute Gasteiger partial charge is 0.0421 e. The molecule has 1 aromatic rings. The summed E-state index contributed by atoms with van der Waals surface area (Å²) in [6, 6.07) is 4.17. The van der Waals surface area contributed by atoms with Crippen LogP contribution in [0, 0.1) is 5.41 Å². The van der Waals surface area contributed by atoms with E-state index in [2.05, 4.69) is 17.1 Å². The van der Waals surface area contributed by atoms with E-state index in [-0.39, 0.29) is 5.54 Å². The van der Waals surface area contributed by atoms with Crippen molar-refractivity contribution in [2.24, 2.45) is 11.1 Å². The van der Waals surface area contributed by atoms with Gasteiger partial charge in [-0.25, -0.2) is 0 Å². The lowest BCUT2D eigenvalue weighted by Gasteiger charge is -2.55. The summed E-state index contributed by atoms with van der Waals surface area (Å²) in [6.07, 6.45) is 14.6. The first kappa shape index (κ1) is 11.2. The molecular formula is C15H22N2. The van der Waals surface area contributed by atoms with Crippen molar-refractivity contribution in [1.82, 2.24) is 4.98 Å². The molecular weight excluding hydrogens is 208 g/mol. The Morgan fingerprint density at radius 3 is 2.12 bits per heavy atom. The van der Waals surface area contributed by atoms with Crippen LogP contribution in [0.15, 0.2) is 24.5 Å². The number of aromatic nitrogens is 1. The van der Waals surface area contributed by atoms with Crippen molar-refractivity contribution < 1.29 is 0 Å².